The van der Waals surface area contributed by atoms with Crippen molar-refractivity contribution in [2.45, 2.75) is 13.1 Å². The summed E-state index contributed by atoms with van der Waals surface area (Å²) in [4.78, 5) is 21.7. The van der Waals surface area contributed by atoms with Gasteiger partial charge in [-0.1, -0.05) is 35.3 Å². The summed E-state index contributed by atoms with van der Waals surface area (Å²) in [5.41, 5.74) is 3.22. The van der Waals surface area contributed by atoms with E-state index in [1.807, 2.05) is 24.3 Å². The minimum absolute atomic E-state index is 0.456. The van der Waals surface area contributed by atoms with Crippen molar-refractivity contribution in [2.75, 3.05) is 10.6 Å². The topological polar surface area (TPSA) is 88.5 Å². The predicted molar refractivity (Wildman–Crippen MR) is 110 cm³/mol. The second-order valence-electron chi connectivity index (χ2n) is 5.95. The monoisotopic (exact) mass is 411 g/mol. The first kappa shape index (κ1) is 18.3. The van der Waals surface area contributed by atoms with Gasteiger partial charge in [0.1, 0.15) is 15.8 Å². The van der Waals surface area contributed by atoms with Crippen LogP contribution in [0.2, 0.25) is 10.3 Å². The SMILES string of the molecule is Clc1ccc(CNc2nc3cccnc3nc2NCc2ccc(Cl)nc2)cn1. The van der Waals surface area contributed by atoms with E-state index in [2.05, 4.69) is 35.6 Å². The van der Waals surface area contributed by atoms with Gasteiger partial charge in [0.05, 0.1) is 0 Å². The van der Waals surface area contributed by atoms with Crippen molar-refractivity contribution >= 4 is 46.0 Å². The molecule has 0 radical (unpaired) electrons. The Labute approximate surface area is 171 Å². The number of nitrogens with one attached hydrogen (secondary N) is 2. The number of fused-ring (bicyclic) bond motifs is 1. The maximum atomic E-state index is 5.84. The van der Waals surface area contributed by atoms with Crippen LogP contribution in [0, 0.1) is 0 Å². The first-order chi connectivity index (χ1) is 13.7. The van der Waals surface area contributed by atoms with Crippen LogP contribution in [0.1, 0.15) is 11.1 Å². The summed E-state index contributed by atoms with van der Waals surface area (Å²) in [5, 5.41) is 7.51. The van der Waals surface area contributed by atoms with Crippen LogP contribution in [0.25, 0.3) is 11.2 Å². The summed E-state index contributed by atoms with van der Waals surface area (Å²) in [5.74, 6) is 1.22. The minimum Gasteiger partial charge on any atom is -0.363 e. The van der Waals surface area contributed by atoms with E-state index < -0.39 is 0 Å². The standard InChI is InChI=1S/C19H15Cl2N7/c20-15-5-3-12(8-23-15)10-25-18-19(26-11-13-4-6-16(21)24-9-13)28-17-14(27-18)2-1-7-22-17/h1-9H,10-11H2,(H,25,27)(H,22,26,28). The Morgan fingerprint density at radius 1 is 0.714 bits per heavy atom. The largest absolute Gasteiger partial charge is 0.363 e. The van der Waals surface area contributed by atoms with Crippen molar-refractivity contribution < 1.29 is 0 Å². The molecule has 0 aliphatic heterocycles. The molecule has 28 heavy (non-hydrogen) atoms. The molecule has 0 spiro atoms. The molecule has 0 atom stereocenters. The van der Waals surface area contributed by atoms with Crippen LogP contribution in [0.15, 0.2) is 55.0 Å². The van der Waals surface area contributed by atoms with Gasteiger partial charge in [-0.3, -0.25) is 0 Å². The zero-order valence-corrected chi connectivity index (χ0v) is 16.1. The molecule has 0 aromatic carbocycles. The third-order valence-corrected chi connectivity index (χ3v) is 4.38. The highest BCUT2D eigenvalue weighted by Crippen LogP contribution is 2.22. The van der Waals surface area contributed by atoms with Crippen molar-refractivity contribution in [3.8, 4) is 0 Å². The second-order valence-corrected chi connectivity index (χ2v) is 6.73. The molecule has 140 valence electrons. The summed E-state index contributed by atoms with van der Waals surface area (Å²) in [7, 11) is 0. The number of hydrogen-bond donors (Lipinski definition) is 2. The molecule has 7 nitrogen and oxygen atoms in total. The van der Waals surface area contributed by atoms with Crippen molar-refractivity contribution in [3.05, 3.63) is 76.4 Å². The molecule has 0 saturated heterocycles. The molecule has 9 heteroatoms. The highest BCUT2D eigenvalue weighted by molar-refractivity contribution is 6.29. The minimum atomic E-state index is 0.456. The number of hydrogen-bond acceptors (Lipinski definition) is 7. The molecule has 4 rings (SSSR count). The van der Waals surface area contributed by atoms with Gasteiger partial charge in [-0.05, 0) is 35.4 Å². The van der Waals surface area contributed by atoms with Gasteiger partial charge < -0.3 is 10.6 Å². The van der Waals surface area contributed by atoms with E-state index in [-0.39, 0.29) is 0 Å². The molecule has 0 aliphatic rings. The Morgan fingerprint density at radius 2 is 1.32 bits per heavy atom. The summed E-state index contributed by atoms with van der Waals surface area (Å²) < 4.78 is 0. The Kier molecular flexibility index (Phi) is 5.45. The first-order valence-electron chi connectivity index (χ1n) is 8.49. The zero-order chi connectivity index (χ0) is 19.3. The van der Waals surface area contributed by atoms with Crippen LogP contribution >= 0.6 is 23.2 Å². The van der Waals surface area contributed by atoms with Gasteiger partial charge in [-0.2, -0.15) is 0 Å². The molecule has 0 bridgehead atoms. The molecule has 0 saturated carbocycles. The van der Waals surface area contributed by atoms with Gasteiger partial charge in [-0.15, -0.1) is 0 Å². The van der Waals surface area contributed by atoms with Gasteiger partial charge in [-0.25, -0.2) is 24.9 Å². The third kappa shape index (κ3) is 4.44. The Balaban J connectivity index is 1.58. The molecule has 0 unspecified atom stereocenters. The van der Waals surface area contributed by atoms with E-state index in [1.54, 1.807) is 30.7 Å². The predicted octanol–water partition coefficient (Wildman–Crippen LogP) is 4.35. The highest BCUT2D eigenvalue weighted by atomic mass is 35.5. The van der Waals surface area contributed by atoms with Gasteiger partial charge in [0, 0.05) is 31.7 Å². The van der Waals surface area contributed by atoms with Crippen molar-refractivity contribution in [2.24, 2.45) is 0 Å². The zero-order valence-electron chi connectivity index (χ0n) is 14.6. The Hall–Kier alpha value is -3.03. The number of halogens is 2. The number of aromatic nitrogens is 5. The van der Waals surface area contributed by atoms with Gasteiger partial charge >= 0.3 is 0 Å². The van der Waals surface area contributed by atoms with Crippen molar-refractivity contribution in [3.63, 3.8) is 0 Å². The van der Waals surface area contributed by atoms with E-state index in [9.17, 15) is 0 Å². The quantitative estimate of drug-likeness (QED) is 0.456. The van der Waals surface area contributed by atoms with Crippen molar-refractivity contribution in [1.82, 2.24) is 24.9 Å². The van der Waals surface area contributed by atoms with Crippen LogP contribution < -0.4 is 10.6 Å². The van der Waals surface area contributed by atoms with Crippen LogP contribution in [0.5, 0.6) is 0 Å². The summed E-state index contributed by atoms with van der Waals surface area (Å²) in [6.45, 7) is 1.05. The molecular formula is C19H15Cl2N7. The summed E-state index contributed by atoms with van der Waals surface area (Å²) in [6, 6.07) is 11.0. The molecule has 0 aliphatic carbocycles. The fourth-order valence-electron chi connectivity index (χ4n) is 2.53. The number of rotatable bonds is 6. The van der Waals surface area contributed by atoms with E-state index in [0.717, 1.165) is 11.1 Å². The normalized spacial score (nSPS) is 10.8. The highest BCUT2D eigenvalue weighted by Gasteiger charge is 2.10. The molecule has 4 heterocycles. The third-order valence-electron chi connectivity index (χ3n) is 3.94. The van der Waals surface area contributed by atoms with Crippen LogP contribution in [-0.4, -0.2) is 24.9 Å². The first-order valence-corrected chi connectivity index (χ1v) is 9.24. The lowest BCUT2D eigenvalue weighted by molar-refractivity contribution is 1.05. The fourth-order valence-corrected chi connectivity index (χ4v) is 2.76. The van der Waals surface area contributed by atoms with Crippen molar-refractivity contribution in [1.29, 1.82) is 0 Å². The molecule has 4 aromatic rings. The lowest BCUT2D eigenvalue weighted by atomic mass is 10.3. The summed E-state index contributed by atoms with van der Waals surface area (Å²) >= 11 is 11.7. The molecule has 4 aromatic heterocycles. The molecule has 0 fully saturated rings. The van der Waals surface area contributed by atoms with E-state index in [4.69, 9.17) is 23.2 Å². The molecule has 2 N–H and O–H groups in total. The van der Waals surface area contributed by atoms with Gasteiger partial charge in [0.15, 0.2) is 17.3 Å². The van der Waals surface area contributed by atoms with E-state index >= 15 is 0 Å². The van der Waals surface area contributed by atoms with Gasteiger partial charge in [0.2, 0.25) is 0 Å². The number of nitrogens with zero attached hydrogens (tertiary/aromatic N) is 5. The lowest BCUT2D eigenvalue weighted by Crippen LogP contribution is -2.10. The Bertz CT molecular complexity index is 998. The second kappa shape index (κ2) is 8.33. The Morgan fingerprint density at radius 3 is 1.89 bits per heavy atom. The van der Waals surface area contributed by atoms with E-state index in [0.29, 0.717) is 46.2 Å². The number of pyridine rings is 3. The molecular weight excluding hydrogens is 397 g/mol. The smallest absolute Gasteiger partial charge is 0.180 e. The maximum Gasteiger partial charge on any atom is 0.180 e. The lowest BCUT2D eigenvalue weighted by Gasteiger charge is -2.13. The van der Waals surface area contributed by atoms with E-state index in [1.165, 1.54) is 0 Å². The fraction of sp³-hybridized carbons (Fsp3) is 0.105. The molecule has 0 amide bonds. The van der Waals surface area contributed by atoms with Crippen LogP contribution in [0.4, 0.5) is 11.6 Å². The average molecular weight is 412 g/mol. The maximum absolute atomic E-state index is 5.84. The summed E-state index contributed by atoms with van der Waals surface area (Å²) in [6.07, 6.45) is 5.13. The van der Waals surface area contributed by atoms with Crippen LogP contribution in [-0.2, 0) is 13.1 Å². The average Bonchev–Trinajstić information content (AvgIpc) is 2.72. The number of anilines is 2. The van der Waals surface area contributed by atoms with Gasteiger partial charge in [0.25, 0.3) is 0 Å². The van der Waals surface area contributed by atoms with Crippen LogP contribution in [0.3, 0.4) is 0 Å².